The van der Waals surface area contributed by atoms with Gasteiger partial charge in [0.25, 0.3) is 0 Å². The highest BCUT2D eigenvalue weighted by Crippen LogP contribution is 2.21. The first-order valence-corrected chi connectivity index (χ1v) is 3.95. The third-order valence-electron chi connectivity index (χ3n) is 1.89. The van der Waals surface area contributed by atoms with E-state index in [9.17, 15) is 4.79 Å². The number of aryl methyl sites for hydroxylation is 1. The normalized spacial score (nSPS) is 9.08. The topological polar surface area (TPSA) is 38.7 Å². The first kappa shape index (κ1) is 9.49. The monoisotopic (exact) mass is 177 g/mol. The molecule has 1 rings (SSSR count). The number of benzene rings is 1. The van der Waals surface area contributed by atoms with Crippen LogP contribution >= 0.6 is 0 Å². The zero-order chi connectivity index (χ0) is 9.68. The van der Waals surface area contributed by atoms with Crippen LogP contribution in [0, 0.1) is 6.92 Å². The molecule has 0 radical (unpaired) electrons. The van der Waals surface area contributed by atoms with Crippen LogP contribution in [-0.4, -0.2) is 13.2 Å². The molecule has 68 valence electrons. The van der Waals surface area contributed by atoms with E-state index in [0.717, 1.165) is 16.9 Å². The summed E-state index contributed by atoms with van der Waals surface area (Å²) in [7, 11) is 1.60. The number of nitrogens with zero attached hydrogens (tertiary/aromatic N) is 1. The van der Waals surface area contributed by atoms with Crippen molar-refractivity contribution in [2.24, 2.45) is 4.99 Å². The fourth-order valence-corrected chi connectivity index (χ4v) is 1.18. The second-order valence-corrected chi connectivity index (χ2v) is 2.66. The molecule has 1 aromatic carbocycles. The number of hydrogen-bond donors (Lipinski definition) is 0. The SMILES string of the molecule is COc1cccc(C)c1CN=C=O. The van der Waals surface area contributed by atoms with Crippen LogP contribution in [0.15, 0.2) is 23.2 Å². The summed E-state index contributed by atoms with van der Waals surface area (Å²) >= 11 is 0. The Morgan fingerprint density at radius 1 is 1.54 bits per heavy atom. The maximum atomic E-state index is 9.96. The second kappa shape index (κ2) is 4.43. The van der Waals surface area contributed by atoms with Gasteiger partial charge in [-0.3, -0.25) is 0 Å². The van der Waals surface area contributed by atoms with Crippen LogP contribution in [0.4, 0.5) is 0 Å². The molecule has 0 aliphatic carbocycles. The summed E-state index contributed by atoms with van der Waals surface area (Å²) in [5.74, 6) is 0.763. The molecule has 0 atom stereocenters. The minimum atomic E-state index is 0.333. The molecule has 0 heterocycles. The van der Waals surface area contributed by atoms with Crippen molar-refractivity contribution in [2.75, 3.05) is 7.11 Å². The fraction of sp³-hybridized carbons (Fsp3) is 0.300. The second-order valence-electron chi connectivity index (χ2n) is 2.66. The summed E-state index contributed by atoms with van der Waals surface area (Å²) in [6.45, 7) is 2.29. The molecule has 1 aromatic rings. The van der Waals surface area contributed by atoms with E-state index in [1.54, 1.807) is 7.11 Å². The molecule has 0 fully saturated rings. The predicted octanol–water partition coefficient (Wildman–Crippen LogP) is 1.84. The van der Waals surface area contributed by atoms with Gasteiger partial charge in [0.2, 0.25) is 6.08 Å². The van der Waals surface area contributed by atoms with Gasteiger partial charge in [-0.2, -0.15) is 0 Å². The Bertz CT molecular complexity index is 341. The van der Waals surface area contributed by atoms with E-state index in [4.69, 9.17) is 4.74 Å². The summed E-state index contributed by atoms with van der Waals surface area (Å²) < 4.78 is 5.13. The summed E-state index contributed by atoms with van der Waals surface area (Å²) in [5.41, 5.74) is 2.01. The van der Waals surface area contributed by atoms with Gasteiger partial charge in [0.15, 0.2) is 0 Å². The fourth-order valence-electron chi connectivity index (χ4n) is 1.18. The van der Waals surface area contributed by atoms with E-state index >= 15 is 0 Å². The molecule has 0 N–H and O–H groups in total. The molecule has 0 amide bonds. The molecule has 0 saturated heterocycles. The highest BCUT2D eigenvalue weighted by Gasteiger charge is 2.03. The van der Waals surface area contributed by atoms with Gasteiger partial charge in [0.05, 0.1) is 13.7 Å². The van der Waals surface area contributed by atoms with E-state index in [1.807, 2.05) is 25.1 Å². The van der Waals surface area contributed by atoms with Crippen molar-refractivity contribution in [3.63, 3.8) is 0 Å². The van der Waals surface area contributed by atoms with Gasteiger partial charge in [-0.25, -0.2) is 9.79 Å². The summed E-state index contributed by atoms with van der Waals surface area (Å²) in [6, 6.07) is 5.71. The average Bonchev–Trinajstić information content (AvgIpc) is 2.15. The van der Waals surface area contributed by atoms with Crippen molar-refractivity contribution in [2.45, 2.75) is 13.5 Å². The minimum Gasteiger partial charge on any atom is -0.496 e. The van der Waals surface area contributed by atoms with Crippen molar-refractivity contribution in [3.8, 4) is 5.75 Å². The molecule has 0 spiro atoms. The van der Waals surface area contributed by atoms with Gasteiger partial charge in [-0.05, 0) is 18.6 Å². The van der Waals surface area contributed by atoms with E-state index in [0.29, 0.717) is 6.54 Å². The van der Waals surface area contributed by atoms with Gasteiger partial charge in [-0.1, -0.05) is 12.1 Å². The largest absolute Gasteiger partial charge is 0.496 e. The van der Waals surface area contributed by atoms with Crippen LogP contribution in [0.3, 0.4) is 0 Å². The summed E-state index contributed by atoms with van der Waals surface area (Å²) in [6.07, 6.45) is 1.51. The Balaban J connectivity index is 3.06. The Hall–Kier alpha value is -1.60. The number of ether oxygens (including phenoxy) is 1. The van der Waals surface area contributed by atoms with Crippen LogP contribution in [0.25, 0.3) is 0 Å². The van der Waals surface area contributed by atoms with Gasteiger partial charge in [-0.15, -0.1) is 0 Å². The summed E-state index contributed by atoms with van der Waals surface area (Å²) in [5, 5.41) is 0. The molecule has 0 aliphatic rings. The number of hydrogen-bond acceptors (Lipinski definition) is 3. The quantitative estimate of drug-likeness (QED) is 0.522. The predicted molar refractivity (Wildman–Crippen MR) is 49.6 cm³/mol. The molecule has 0 bridgehead atoms. The first-order chi connectivity index (χ1) is 6.29. The highest BCUT2D eigenvalue weighted by molar-refractivity contribution is 5.41. The zero-order valence-corrected chi connectivity index (χ0v) is 7.70. The summed E-state index contributed by atoms with van der Waals surface area (Å²) in [4.78, 5) is 13.5. The Morgan fingerprint density at radius 3 is 2.92 bits per heavy atom. The van der Waals surface area contributed by atoms with E-state index in [1.165, 1.54) is 6.08 Å². The smallest absolute Gasteiger partial charge is 0.235 e. The van der Waals surface area contributed by atoms with Crippen LogP contribution in [0.1, 0.15) is 11.1 Å². The van der Waals surface area contributed by atoms with Crippen molar-refractivity contribution in [3.05, 3.63) is 29.3 Å². The third kappa shape index (κ3) is 2.17. The molecule has 0 aliphatic heterocycles. The molecule has 0 aromatic heterocycles. The van der Waals surface area contributed by atoms with Crippen molar-refractivity contribution >= 4 is 6.08 Å². The lowest BCUT2D eigenvalue weighted by Crippen LogP contribution is -1.93. The molecule has 0 unspecified atom stereocenters. The Morgan fingerprint density at radius 2 is 2.31 bits per heavy atom. The van der Waals surface area contributed by atoms with Crippen molar-refractivity contribution < 1.29 is 9.53 Å². The highest BCUT2D eigenvalue weighted by atomic mass is 16.5. The van der Waals surface area contributed by atoms with E-state index < -0.39 is 0 Å². The van der Waals surface area contributed by atoms with Gasteiger partial charge >= 0.3 is 0 Å². The lowest BCUT2D eigenvalue weighted by molar-refractivity contribution is 0.409. The molecular weight excluding hydrogens is 166 g/mol. The Labute approximate surface area is 77.1 Å². The number of carbonyl (C=O) groups excluding carboxylic acids is 1. The number of rotatable bonds is 3. The Kier molecular flexibility index (Phi) is 3.23. The number of aliphatic imine (C=N–C) groups is 1. The van der Waals surface area contributed by atoms with Crippen LogP contribution in [0.5, 0.6) is 5.75 Å². The number of methoxy groups -OCH3 is 1. The van der Waals surface area contributed by atoms with Gasteiger partial charge < -0.3 is 4.74 Å². The van der Waals surface area contributed by atoms with E-state index in [-0.39, 0.29) is 0 Å². The van der Waals surface area contributed by atoms with Crippen molar-refractivity contribution in [1.29, 1.82) is 0 Å². The molecule has 3 heteroatoms. The van der Waals surface area contributed by atoms with Crippen LogP contribution in [0.2, 0.25) is 0 Å². The maximum absolute atomic E-state index is 9.96. The lowest BCUT2D eigenvalue weighted by Gasteiger charge is -2.07. The molecule has 13 heavy (non-hydrogen) atoms. The van der Waals surface area contributed by atoms with Crippen molar-refractivity contribution in [1.82, 2.24) is 0 Å². The van der Waals surface area contributed by atoms with Gasteiger partial charge in [0, 0.05) is 5.56 Å². The zero-order valence-electron chi connectivity index (χ0n) is 7.70. The molecule has 3 nitrogen and oxygen atoms in total. The minimum absolute atomic E-state index is 0.333. The maximum Gasteiger partial charge on any atom is 0.235 e. The standard InChI is InChI=1S/C10H11NO2/c1-8-4-3-5-10(13-2)9(8)6-11-7-12/h3-5H,6H2,1-2H3. The van der Waals surface area contributed by atoms with Crippen LogP contribution < -0.4 is 4.74 Å². The lowest BCUT2D eigenvalue weighted by atomic mass is 10.1. The van der Waals surface area contributed by atoms with Gasteiger partial charge in [0.1, 0.15) is 5.75 Å². The van der Waals surface area contributed by atoms with Crippen LogP contribution in [-0.2, 0) is 11.3 Å². The molecular formula is C10H11NO2. The first-order valence-electron chi connectivity index (χ1n) is 3.95. The molecule has 0 saturated carbocycles. The third-order valence-corrected chi connectivity index (χ3v) is 1.89. The van der Waals surface area contributed by atoms with E-state index in [2.05, 4.69) is 4.99 Å². The average molecular weight is 177 g/mol. The number of isocyanates is 1.